The van der Waals surface area contributed by atoms with Crippen molar-refractivity contribution in [2.45, 2.75) is 13.3 Å². The van der Waals surface area contributed by atoms with Crippen LogP contribution in [0.25, 0.3) is 0 Å². The predicted molar refractivity (Wildman–Crippen MR) is 66.5 cm³/mol. The van der Waals surface area contributed by atoms with Gasteiger partial charge in [0.1, 0.15) is 6.54 Å². The molecule has 0 saturated carbocycles. The van der Waals surface area contributed by atoms with Gasteiger partial charge in [0, 0.05) is 26.2 Å². The molecule has 2 fully saturated rings. The van der Waals surface area contributed by atoms with Crippen LogP contribution >= 0.6 is 0 Å². The molecule has 19 heavy (non-hydrogen) atoms. The van der Waals surface area contributed by atoms with Crippen LogP contribution < -0.4 is 5.32 Å². The Morgan fingerprint density at radius 1 is 1.32 bits per heavy atom. The zero-order valence-corrected chi connectivity index (χ0v) is 11.0. The lowest BCUT2D eigenvalue weighted by Crippen LogP contribution is -2.45. The van der Waals surface area contributed by atoms with Gasteiger partial charge in [-0.15, -0.1) is 0 Å². The fraction of sp³-hybridized carbons (Fsp3) is 0.750. The number of carbonyl (C=O) groups excluding carboxylic acids is 2. The van der Waals surface area contributed by atoms with Crippen LogP contribution in [0.4, 0.5) is 4.79 Å². The van der Waals surface area contributed by atoms with Crippen molar-refractivity contribution in [3.63, 3.8) is 0 Å². The first-order chi connectivity index (χ1) is 8.99. The second-order valence-corrected chi connectivity index (χ2v) is 5.23. The zero-order valence-electron chi connectivity index (χ0n) is 11.0. The van der Waals surface area contributed by atoms with Crippen molar-refractivity contribution in [1.82, 2.24) is 15.1 Å². The molecular weight excluding hydrogens is 250 g/mol. The van der Waals surface area contributed by atoms with Gasteiger partial charge in [-0.25, -0.2) is 4.79 Å². The first kappa shape index (κ1) is 13.6. The number of nitrogens with one attached hydrogen (secondary N) is 1. The summed E-state index contributed by atoms with van der Waals surface area (Å²) < 4.78 is 0. The fourth-order valence-corrected chi connectivity index (χ4v) is 2.61. The molecule has 3 amide bonds. The number of hydrogen-bond donors (Lipinski definition) is 2. The minimum atomic E-state index is -0.864. The van der Waals surface area contributed by atoms with Crippen molar-refractivity contribution in [2.24, 2.45) is 11.8 Å². The van der Waals surface area contributed by atoms with Crippen molar-refractivity contribution < 1.29 is 19.5 Å². The Balaban J connectivity index is 2.00. The number of likely N-dealkylation sites (tertiary alicyclic amines) is 1. The number of amides is 3. The van der Waals surface area contributed by atoms with Crippen molar-refractivity contribution in [3.8, 4) is 0 Å². The molecule has 0 bridgehead atoms. The molecule has 7 nitrogen and oxygen atoms in total. The molecule has 2 rings (SSSR count). The number of carboxylic acids is 1. The highest BCUT2D eigenvalue weighted by Gasteiger charge is 2.38. The van der Waals surface area contributed by atoms with E-state index in [1.165, 1.54) is 4.90 Å². The second-order valence-electron chi connectivity index (χ2n) is 5.23. The van der Waals surface area contributed by atoms with E-state index < -0.39 is 11.9 Å². The molecule has 0 radical (unpaired) electrons. The van der Waals surface area contributed by atoms with E-state index in [4.69, 9.17) is 5.11 Å². The molecule has 106 valence electrons. The summed E-state index contributed by atoms with van der Waals surface area (Å²) in [5, 5.41) is 11.8. The number of carboxylic acid groups (broad SMARTS) is 1. The lowest BCUT2D eigenvalue weighted by molar-refractivity contribution is -0.142. The SMILES string of the molecule is CC1CN(C(=O)N2CCCNC(=O)C2)CC1C(=O)O. The number of carbonyl (C=O) groups is 3. The summed E-state index contributed by atoms with van der Waals surface area (Å²) in [6.07, 6.45) is 0.725. The smallest absolute Gasteiger partial charge is 0.320 e. The highest BCUT2D eigenvalue weighted by Crippen LogP contribution is 2.24. The maximum atomic E-state index is 12.3. The summed E-state index contributed by atoms with van der Waals surface area (Å²) in [6.45, 7) is 3.67. The van der Waals surface area contributed by atoms with E-state index in [-0.39, 0.29) is 30.9 Å². The molecule has 0 aromatic heterocycles. The summed E-state index contributed by atoms with van der Waals surface area (Å²) in [4.78, 5) is 37.8. The van der Waals surface area contributed by atoms with Crippen molar-refractivity contribution in [1.29, 1.82) is 0 Å². The number of hydrogen-bond acceptors (Lipinski definition) is 3. The molecule has 2 unspecified atom stereocenters. The number of nitrogens with zero attached hydrogens (tertiary/aromatic N) is 2. The van der Waals surface area contributed by atoms with Gasteiger partial charge in [-0.2, -0.15) is 0 Å². The summed E-state index contributed by atoms with van der Waals surface area (Å²) in [5.74, 6) is -1.59. The summed E-state index contributed by atoms with van der Waals surface area (Å²) in [5.41, 5.74) is 0. The summed E-state index contributed by atoms with van der Waals surface area (Å²) in [7, 11) is 0. The number of urea groups is 1. The van der Waals surface area contributed by atoms with Crippen molar-refractivity contribution in [2.75, 3.05) is 32.7 Å². The van der Waals surface area contributed by atoms with E-state index in [9.17, 15) is 14.4 Å². The van der Waals surface area contributed by atoms with Gasteiger partial charge in [-0.3, -0.25) is 9.59 Å². The highest BCUT2D eigenvalue weighted by atomic mass is 16.4. The lowest BCUT2D eigenvalue weighted by atomic mass is 9.99. The molecule has 0 spiro atoms. The standard InChI is InChI=1S/C12H19N3O4/c1-8-5-15(6-9(8)11(17)18)12(19)14-4-2-3-13-10(16)7-14/h8-9H,2-7H2,1H3,(H,13,16)(H,17,18). The van der Waals surface area contributed by atoms with Gasteiger partial charge >= 0.3 is 12.0 Å². The van der Waals surface area contributed by atoms with Crippen LogP contribution in [0.15, 0.2) is 0 Å². The molecule has 2 aliphatic heterocycles. The van der Waals surface area contributed by atoms with Crippen molar-refractivity contribution in [3.05, 3.63) is 0 Å². The Morgan fingerprint density at radius 3 is 2.68 bits per heavy atom. The Kier molecular flexibility index (Phi) is 3.92. The third-order valence-electron chi connectivity index (χ3n) is 3.73. The molecule has 2 aliphatic rings. The van der Waals surface area contributed by atoms with Gasteiger partial charge in [-0.05, 0) is 12.3 Å². The van der Waals surface area contributed by atoms with Crippen molar-refractivity contribution >= 4 is 17.9 Å². The fourth-order valence-electron chi connectivity index (χ4n) is 2.61. The van der Waals surface area contributed by atoms with Gasteiger partial charge in [0.25, 0.3) is 0 Å². The van der Waals surface area contributed by atoms with Gasteiger partial charge in [0.2, 0.25) is 5.91 Å². The van der Waals surface area contributed by atoms with E-state index in [0.29, 0.717) is 19.6 Å². The first-order valence-electron chi connectivity index (χ1n) is 6.52. The van der Waals surface area contributed by atoms with Crippen LogP contribution in [0.2, 0.25) is 0 Å². The van der Waals surface area contributed by atoms with E-state index in [1.54, 1.807) is 4.90 Å². The molecule has 0 aromatic rings. The van der Waals surface area contributed by atoms with Crippen LogP contribution in [0.5, 0.6) is 0 Å². The molecule has 2 saturated heterocycles. The molecule has 2 N–H and O–H groups in total. The minimum Gasteiger partial charge on any atom is -0.481 e. The summed E-state index contributed by atoms with van der Waals surface area (Å²) in [6, 6.07) is -0.229. The molecule has 0 aromatic carbocycles. The van der Waals surface area contributed by atoms with E-state index >= 15 is 0 Å². The quantitative estimate of drug-likeness (QED) is 0.676. The van der Waals surface area contributed by atoms with Crippen LogP contribution in [0, 0.1) is 11.8 Å². The Labute approximate surface area is 111 Å². The van der Waals surface area contributed by atoms with Crippen LogP contribution in [-0.2, 0) is 9.59 Å². The monoisotopic (exact) mass is 269 g/mol. The van der Waals surface area contributed by atoms with Crippen LogP contribution in [0.3, 0.4) is 0 Å². The third-order valence-corrected chi connectivity index (χ3v) is 3.73. The minimum absolute atomic E-state index is 0.0535. The predicted octanol–water partition coefficient (Wildman–Crippen LogP) is -0.419. The number of rotatable bonds is 1. The molecule has 7 heteroatoms. The van der Waals surface area contributed by atoms with Gasteiger partial charge in [-0.1, -0.05) is 6.92 Å². The van der Waals surface area contributed by atoms with E-state index in [1.807, 2.05) is 6.92 Å². The zero-order chi connectivity index (χ0) is 14.0. The van der Waals surface area contributed by atoms with Crippen LogP contribution in [0.1, 0.15) is 13.3 Å². The molecule has 2 atom stereocenters. The Hall–Kier alpha value is -1.79. The normalized spacial score (nSPS) is 27.9. The second kappa shape index (κ2) is 5.46. The Bertz CT molecular complexity index is 398. The average Bonchev–Trinajstić information content (AvgIpc) is 2.60. The maximum absolute atomic E-state index is 12.3. The van der Waals surface area contributed by atoms with Gasteiger partial charge in [0.15, 0.2) is 0 Å². The van der Waals surface area contributed by atoms with E-state index in [2.05, 4.69) is 5.32 Å². The molecule has 0 aliphatic carbocycles. The maximum Gasteiger partial charge on any atom is 0.320 e. The van der Waals surface area contributed by atoms with Gasteiger partial charge < -0.3 is 20.2 Å². The topological polar surface area (TPSA) is 90.0 Å². The third kappa shape index (κ3) is 2.97. The summed E-state index contributed by atoms with van der Waals surface area (Å²) >= 11 is 0. The van der Waals surface area contributed by atoms with Crippen LogP contribution in [-0.4, -0.2) is 65.5 Å². The average molecular weight is 269 g/mol. The first-order valence-corrected chi connectivity index (χ1v) is 6.52. The molecule has 2 heterocycles. The van der Waals surface area contributed by atoms with Gasteiger partial charge in [0.05, 0.1) is 5.92 Å². The molecular formula is C12H19N3O4. The number of aliphatic carboxylic acids is 1. The highest BCUT2D eigenvalue weighted by molar-refractivity contribution is 5.85. The largest absolute Gasteiger partial charge is 0.481 e. The lowest BCUT2D eigenvalue weighted by Gasteiger charge is -2.25. The van der Waals surface area contributed by atoms with E-state index in [0.717, 1.165) is 6.42 Å². The Morgan fingerprint density at radius 2 is 2.05 bits per heavy atom.